The maximum Gasteiger partial charge on any atom is 0.143 e. The van der Waals surface area contributed by atoms with Gasteiger partial charge in [0.15, 0.2) is 0 Å². The predicted octanol–water partition coefficient (Wildman–Crippen LogP) is 3.29. The van der Waals surface area contributed by atoms with Crippen molar-refractivity contribution in [1.82, 2.24) is 0 Å². The summed E-state index contributed by atoms with van der Waals surface area (Å²) in [7, 11) is 3.23. The van der Waals surface area contributed by atoms with E-state index in [-0.39, 0.29) is 0 Å². The van der Waals surface area contributed by atoms with Gasteiger partial charge in [-0.1, -0.05) is 24.4 Å². The van der Waals surface area contributed by atoms with E-state index in [0.29, 0.717) is 10.8 Å². The Hall–Kier alpha value is -1.13. The van der Waals surface area contributed by atoms with Gasteiger partial charge >= 0.3 is 0 Å². The number of anilines is 1. The van der Waals surface area contributed by atoms with Gasteiger partial charge in [0, 0.05) is 18.7 Å². The molecule has 0 aliphatic carbocycles. The highest BCUT2D eigenvalue weighted by Crippen LogP contribution is 2.35. The Labute approximate surface area is 120 Å². The van der Waals surface area contributed by atoms with Crippen molar-refractivity contribution >= 4 is 17.3 Å². The van der Waals surface area contributed by atoms with Crippen molar-refractivity contribution in [3.05, 3.63) is 17.2 Å². The van der Waals surface area contributed by atoms with Crippen LogP contribution in [0.4, 0.5) is 5.69 Å². The Morgan fingerprint density at radius 1 is 1.05 bits per heavy atom. The summed E-state index contributed by atoms with van der Waals surface area (Å²) in [5.74, 6) is 1.38. The highest BCUT2D eigenvalue weighted by molar-refractivity contribution is 6.32. The molecular formula is C14H23ClN2O2. The zero-order chi connectivity index (χ0) is 14.1. The Morgan fingerprint density at radius 2 is 1.74 bits per heavy atom. The minimum absolute atomic E-state index is 0.549. The summed E-state index contributed by atoms with van der Waals surface area (Å²) in [6.07, 6.45) is 4.56. The van der Waals surface area contributed by atoms with Gasteiger partial charge in [-0.25, -0.2) is 0 Å². The number of hydrogen-bond donors (Lipinski definition) is 2. The van der Waals surface area contributed by atoms with Crippen molar-refractivity contribution in [1.29, 1.82) is 0 Å². The summed E-state index contributed by atoms with van der Waals surface area (Å²) < 4.78 is 10.5. The summed E-state index contributed by atoms with van der Waals surface area (Å²) in [5, 5.41) is 3.90. The van der Waals surface area contributed by atoms with Crippen molar-refractivity contribution in [2.45, 2.75) is 25.7 Å². The second-order valence-electron chi connectivity index (χ2n) is 4.32. The lowest BCUT2D eigenvalue weighted by molar-refractivity contribution is 0.404. The summed E-state index contributed by atoms with van der Waals surface area (Å²) >= 11 is 6.05. The van der Waals surface area contributed by atoms with Gasteiger partial charge in [-0.2, -0.15) is 0 Å². The third-order valence-corrected chi connectivity index (χ3v) is 3.22. The van der Waals surface area contributed by atoms with E-state index in [2.05, 4.69) is 5.32 Å². The number of benzene rings is 1. The van der Waals surface area contributed by atoms with Crippen molar-refractivity contribution in [3.8, 4) is 11.5 Å². The van der Waals surface area contributed by atoms with Gasteiger partial charge in [0.05, 0.1) is 24.9 Å². The van der Waals surface area contributed by atoms with Gasteiger partial charge < -0.3 is 20.5 Å². The molecule has 0 unspecified atom stereocenters. The Morgan fingerprint density at radius 3 is 2.37 bits per heavy atom. The van der Waals surface area contributed by atoms with Crippen molar-refractivity contribution in [3.63, 3.8) is 0 Å². The normalized spacial score (nSPS) is 10.3. The third-order valence-electron chi connectivity index (χ3n) is 2.92. The molecule has 0 heterocycles. The molecule has 0 aliphatic rings. The van der Waals surface area contributed by atoms with E-state index in [0.717, 1.165) is 37.4 Å². The molecular weight excluding hydrogens is 264 g/mol. The number of nitrogens with one attached hydrogen (secondary N) is 1. The number of rotatable bonds is 9. The molecule has 0 aliphatic heterocycles. The molecule has 108 valence electrons. The first-order chi connectivity index (χ1) is 9.22. The minimum Gasteiger partial charge on any atom is -0.495 e. The van der Waals surface area contributed by atoms with Crippen LogP contribution in [0, 0.1) is 0 Å². The molecule has 0 saturated heterocycles. The molecule has 0 fully saturated rings. The van der Waals surface area contributed by atoms with Crippen LogP contribution in [0.5, 0.6) is 11.5 Å². The van der Waals surface area contributed by atoms with Gasteiger partial charge in [0.1, 0.15) is 11.5 Å². The standard InChI is InChI=1S/C14H23ClN2O2/c1-18-13-10-12(14(19-2)9-11(13)15)17-8-6-4-3-5-7-16/h9-10,17H,3-8,16H2,1-2H3. The van der Waals surface area contributed by atoms with Gasteiger partial charge in [0.2, 0.25) is 0 Å². The second kappa shape index (κ2) is 8.88. The number of ether oxygens (including phenoxy) is 2. The Balaban J connectivity index is 2.51. The van der Waals surface area contributed by atoms with Crippen molar-refractivity contribution < 1.29 is 9.47 Å². The van der Waals surface area contributed by atoms with Crippen molar-refractivity contribution in [2.75, 3.05) is 32.6 Å². The topological polar surface area (TPSA) is 56.5 Å². The first kappa shape index (κ1) is 15.9. The average molecular weight is 287 g/mol. The van der Waals surface area contributed by atoms with E-state index in [1.165, 1.54) is 12.8 Å². The van der Waals surface area contributed by atoms with Gasteiger partial charge in [0.25, 0.3) is 0 Å². The first-order valence-electron chi connectivity index (χ1n) is 6.58. The fourth-order valence-electron chi connectivity index (χ4n) is 1.84. The summed E-state index contributed by atoms with van der Waals surface area (Å²) in [6.45, 7) is 1.67. The molecule has 0 bridgehead atoms. The van der Waals surface area contributed by atoms with Crippen LogP contribution in [0.3, 0.4) is 0 Å². The van der Waals surface area contributed by atoms with Crippen LogP contribution < -0.4 is 20.5 Å². The zero-order valence-electron chi connectivity index (χ0n) is 11.7. The maximum atomic E-state index is 6.05. The Kier molecular flexibility index (Phi) is 7.45. The smallest absolute Gasteiger partial charge is 0.143 e. The molecule has 3 N–H and O–H groups in total. The van der Waals surface area contributed by atoms with E-state index in [1.54, 1.807) is 20.3 Å². The Bertz CT molecular complexity index is 386. The summed E-state index contributed by atoms with van der Waals surface area (Å²) in [5.41, 5.74) is 6.36. The van der Waals surface area contributed by atoms with Crippen LogP contribution >= 0.6 is 11.6 Å². The molecule has 19 heavy (non-hydrogen) atoms. The molecule has 0 radical (unpaired) electrons. The van der Waals surface area contributed by atoms with Crippen LogP contribution in [0.2, 0.25) is 5.02 Å². The zero-order valence-corrected chi connectivity index (χ0v) is 12.4. The highest BCUT2D eigenvalue weighted by Gasteiger charge is 2.09. The number of halogens is 1. The molecule has 0 amide bonds. The molecule has 0 spiro atoms. The van der Waals surface area contributed by atoms with Gasteiger partial charge in [-0.05, 0) is 19.4 Å². The highest BCUT2D eigenvalue weighted by atomic mass is 35.5. The molecule has 0 aromatic heterocycles. The summed E-state index contributed by atoms with van der Waals surface area (Å²) in [6, 6.07) is 3.62. The number of unbranched alkanes of at least 4 members (excludes halogenated alkanes) is 3. The monoisotopic (exact) mass is 286 g/mol. The predicted molar refractivity (Wildman–Crippen MR) is 80.6 cm³/mol. The van der Waals surface area contributed by atoms with Crippen LogP contribution in [0.15, 0.2) is 12.1 Å². The molecule has 1 aromatic rings. The van der Waals surface area contributed by atoms with E-state index in [9.17, 15) is 0 Å². The van der Waals surface area contributed by atoms with Crippen molar-refractivity contribution in [2.24, 2.45) is 5.73 Å². The second-order valence-corrected chi connectivity index (χ2v) is 4.72. The molecule has 0 atom stereocenters. The lowest BCUT2D eigenvalue weighted by Gasteiger charge is -2.13. The molecule has 4 nitrogen and oxygen atoms in total. The first-order valence-corrected chi connectivity index (χ1v) is 6.96. The number of methoxy groups -OCH3 is 2. The lowest BCUT2D eigenvalue weighted by Crippen LogP contribution is -2.04. The summed E-state index contributed by atoms with van der Waals surface area (Å²) in [4.78, 5) is 0. The molecule has 0 saturated carbocycles. The fraction of sp³-hybridized carbons (Fsp3) is 0.571. The van der Waals surface area contributed by atoms with E-state index >= 15 is 0 Å². The minimum atomic E-state index is 0.549. The largest absolute Gasteiger partial charge is 0.495 e. The maximum absolute atomic E-state index is 6.05. The number of nitrogens with two attached hydrogens (primary N) is 1. The van der Waals surface area contributed by atoms with Crippen LogP contribution in [-0.4, -0.2) is 27.3 Å². The molecule has 1 aromatic carbocycles. The van der Waals surface area contributed by atoms with E-state index < -0.39 is 0 Å². The molecule has 1 rings (SSSR count). The van der Waals surface area contributed by atoms with Crippen LogP contribution in [0.25, 0.3) is 0 Å². The van der Waals surface area contributed by atoms with E-state index in [1.807, 2.05) is 6.07 Å². The van der Waals surface area contributed by atoms with Crippen LogP contribution in [-0.2, 0) is 0 Å². The third kappa shape index (κ3) is 5.17. The molecule has 5 heteroatoms. The average Bonchev–Trinajstić information content (AvgIpc) is 2.43. The van der Waals surface area contributed by atoms with Crippen LogP contribution in [0.1, 0.15) is 25.7 Å². The van der Waals surface area contributed by atoms with Gasteiger partial charge in [-0.15, -0.1) is 0 Å². The fourth-order valence-corrected chi connectivity index (χ4v) is 2.08. The van der Waals surface area contributed by atoms with E-state index in [4.69, 9.17) is 26.8 Å². The SMILES string of the molecule is COc1cc(NCCCCCCN)c(OC)cc1Cl. The van der Waals surface area contributed by atoms with Gasteiger partial charge in [-0.3, -0.25) is 0 Å². The number of hydrogen-bond acceptors (Lipinski definition) is 4. The lowest BCUT2D eigenvalue weighted by atomic mass is 10.2. The quantitative estimate of drug-likeness (QED) is 0.684.